The molecule has 136 valence electrons. The van der Waals surface area contributed by atoms with E-state index >= 15 is 0 Å². The van der Waals surface area contributed by atoms with E-state index in [-0.39, 0.29) is 101 Å². The van der Waals surface area contributed by atoms with Crippen LogP contribution in [0.15, 0.2) is 36.4 Å². The number of phenolic OH excluding ortho intramolecular Hbond substituents is 2. The molecule has 2 aromatic rings. The van der Waals surface area contributed by atoms with Crippen molar-refractivity contribution in [2.45, 2.75) is 26.1 Å². The van der Waals surface area contributed by atoms with Gasteiger partial charge in [0.1, 0.15) is 0 Å². The predicted molar refractivity (Wildman–Crippen MR) is 97.3 cm³/mol. The second-order valence-electron chi connectivity index (χ2n) is 5.85. The summed E-state index contributed by atoms with van der Waals surface area (Å²) in [4.78, 5) is 0. The third-order valence-electron chi connectivity index (χ3n) is 4.01. The number of ether oxygens (including phenoxy) is 2. The Hall–Kier alpha value is 0.313. The summed E-state index contributed by atoms with van der Waals surface area (Å²) in [5.41, 5.74) is 1.58. The molecule has 4 N–H and O–H groups in total. The standard InChI is InChI=1S/C19H26N2O4.2Ce/c1-13(21-12-15-7-5-9-17(25-3)19(15)23)10-20-11-14-6-4-8-16(24-2)18(14)22;;/h4-9,13,20-23H,10-12H2,1-3H3;;/q;2*+4. The molecule has 0 aliphatic carbocycles. The van der Waals surface area contributed by atoms with Crippen LogP contribution >= 0.6 is 0 Å². The van der Waals surface area contributed by atoms with Crippen LogP contribution in [0.1, 0.15) is 18.1 Å². The Morgan fingerprint density at radius 2 is 1.33 bits per heavy atom. The Bertz CT molecular complexity index is 701. The van der Waals surface area contributed by atoms with E-state index in [0.29, 0.717) is 31.1 Å². The number of hydrogen-bond donors (Lipinski definition) is 4. The first-order chi connectivity index (χ1) is 12.1. The van der Waals surface area contributed by atoms with Gasteiger partial charge in [-0.3, -0.25) is 0 Å². The SMILES string of the molecule is COc1cccc(CNCC(C)NCc2cccc(OC)c2O)c1O.[Ce+4].[Ce+4]. The van der Waals surface area contributed by atoms with Crippen LogP contribution in [0, 0.1) is 83.5 Å². The molecule has 1 atom stereocenters. The first-order valence-corrected chi connectivity index (χ1v) is 8.20. The van der Waals surface area contributed by atoms with E-state index in [0.717, 1.165) is 11.1 Å². The minimum Gasteiger partial charge on any atom is -0.504 e. The summed E-state index contributed by atoms with van der Waals surface area (Å²) >= 11 is 0. The molecule has 0 saturated heterocycles. The van der Waals surface area contributed by atoms with E-state index in [2.05, 4.69) is 17.6 Å². The van der Waals surface area contributed by atoms with Gasteiger partial charge in [0.15, 0.2) is 23.0 Å². The van der Waals surface area contributed by atoms with Gasteiger partial charge in [-0.2, -0.15) is 0 Å². The van der Waals surface area contributed by atoms with E-state index in [1.165, 1.54) is 14.2 Å². The molecule has 0 radical (unpaired) electrons. The molecule has 0 heterocycles. The van der Waals surface area contributed by atoms with Crippen LogP contribution in [0.5, 0.6) is 23.0 Å². The van der Waals surface area contributed by atoms with Gasteiger partial charge in [0.25, 0.3) is 0 Å². The third kappa shape index (κ3) is 8.29. The van der Waals surface area contributed by atoms with Gasteiger partial charge in [-0.25, -0.2) is 0 Å². The van der Waals surface area contributed by atoms with Gasteiger partial charge in [0.2, 0.25) is 0 Å². The average Bonchev–Trinajstić information content (AvgIpc) is 2.62. The number of hydrogen-bond acceptors (Lipinski definition) is 6. The smallest absolute Gasteiger partial charge is 0.504 e. The maximum atomic E-state index is 10.1. The van der Waals surface area contributed by atoms with Crippen LogP contribution in [-0.4, -0.2) is 37.0 Å². The molecule has 8 heteroatoms. The van der Waals surface area contributed by atoms with Crippen LogP contribution in [0.3, 0.4) is 0 Å². The molecule has 0 fully saturated rings. The predicted octanol–water partition coefficient (Wildman–Crippen LogP) is 2.38. The molecule has 0 amide bonds. The summed E-state index contributed by atoms with van der Waals surface area (Å²) in [6.45, 7) is 3.84. The number of phenols is 2. The van der Waals surface area contributed by atoms with Crippen LogP contribution in [-0.2, 0) is 13.1 Å². The zero-order valence-corrected chi connectivity index (χ0v) is 22.2. The Balaban J connectivity index is 0.00000338. The van der Waals surface area contributed by atoms with Crippen molar-refractivity contribution in [3.63, 3.8) is 0 Å². The van der Waals surface area contributed by atoms with Gasteiger partial charge in [0, 0.05) is 36.8 Å². The Morgan fingerprint density at radius 3 is 1.81 bits per heavy atom. The van der Waals surface area contributed by atoms with Crippen molar-refractivity contribution < 1.29 is 103 Å². The third-order valence-corrected chi connectivity index (χ3v) is 4.01. The van der Waals surface area contributed by atoms with E-state index in [1.807, 2.05) is 24.3 Å². The zero-order chi connectivity index (χ0) is 18.2. The Morgan fingerprint density at radius 1 is 0.852 bits per heavy atom. The fraction of sp³-hybridized carbons (Fsp3) is 0.368. The molecular weight excluding hydrogens is 600 g/mol. The minimum absolute atomic E-state index is 0. The maximum Gasteiger partial charge on any atom is 4.00 e. The largest absolute Gasteiger partial charge is 4.00 e. The maximum absolute atomic E-state index is 10.1. The summed E-state index contributed by atoms with van der Waals surface area (Å²) in [6, 6.07) is 11.1. The summed E-state index contributed by atoms with van der Waals surface area (Å²) in [6.07, 6.45) is 0. The number of para-hydroxylation sites is 2. The fourth-order valence-corrected chi connectivity index (χ4v) is 2.53. The van der Waals surface area contributed by atoms with Gasteiger partial charge >= 0.3 is 83.5 Å². The van der Waals surface area contributed by atoms with Gasteiger partial charge in [-0.15, -0.1) is 0 Å². The topological polar surface area (TPSA) is 83.0 Å². The number of nitrogens with one attached hydrogen (secondary N) is 2. The first kappa shape index (κ1) is 27.3. The van der Waals surface area contributed by atoms with Crippen molar-refractivity contribution in [2.24, 2.45) is 0 Å². The molecule has 0 spiro atoms. The molecule has 0 aliphatic rings. The quantitative estimate of drug-likeness (QED) is 0.343. The molecule has 2 aromatic carbocycles. The van der Waals surface area contributed by atoms with Crippen molar-refractivity contribution in [3.8, 4) is 23.0 Å². The van der Waals surface area contributed by atoms with Crippen molar-refractivity contribution in [1.82, 2.24) is 10.6 Å². The van der Waals surface area contributed by atoms with E-state index in [9.17, 15) is 10.2 Å². The number of rotatable bonds is 9. The van der Waals surface area contributed by atoms with E-state index in [4.69, 9.17) is 9.47 Å². The fourth-order valence-electron chi connectivity index (χ4n) is 2.53. The molecule has 27 heavy (non-hydrogen) atoms. The summed E-state index contributed by atoms with van der Waals surface area (Å²) < 4.78 is 10.2. The first-order valence-electron chi connectivity index (χ1n) is 8.20. The average molecular weight is 627 g/mol. The molecular formula is C19H26Ce2N2O4+8. The molecule has 0 aliphatic heterocycles. The molecule has 1 unspecified atom stereocenters. The molecule has 0 bridgehead atoms. The van der Waals surface area contributed by atoms with Gasteiger partial charge in [-0.1, -0.05) is 24.3 Å². The van der Waals surface area contributed by atoms with Gasteiger partial charge < -0.3 is 30.3 Å². The van der Waals surface area contributed by atoms with Crippen LogP contribution in [0.2, 0.25) is 0 Å². The number of methoxy groups -OCH3 is 2. The second kappa shape index (κ2) is 14.3. The molecule has 0 aromatic heterocycles. The zero-order valence-electron chi connectivity index (χ0n) is 15.9. The molecule has 2 rings (SSSR count). The van der Waals surface area contributed by atoms with Gasteiger partial charge in [-0.05, 0) is 19.1 Å². The Labute approximate surface area is 228 Å². The Kier molecular flexibility index (Phi) is 14.5. The summed E-state index contributed by atoms with van der Waals surface area (Å²) in [7, 11) is 3.07. The summed E-state index contributed by atoms with van der Waals surface area (Å²) in [5.74, 6) is 1.27. The minimum atomic E-state index is 0. The summed E-state index contributed by atoms with van der Waals surface area (Å²) in [5, 5.41) is 26.8. The van der Waals surface area contributed by atoms with Crippen LogP contribution in [0.25, 0.3) is 0 Å². The van der Waals surface area contributed by atoms with E-state index in [1.54, 1.807) is 12.1 Å². The monoisotopic (exact) mass is 626 g/mol. The van der Waals surface area contributed by atoms with Crippen LogP contribution in [0.4, 0.5) is 0 Å². The normalized spacial score (nSPS) is 11.1. The van der Waals surface area contributed by atoms with Crippen molar-refractivity contribution in [1.29, 1.82) is 0 Å². The van der Waals surface area contributed by atoms with E-state index < -0.39 is 0 Å². The van der Waals surface area contributed by atoms with Crippen molar-refractivity contribution in [2.75, 3.05) is 20.8 Å². The molecule has 6 nitrogen and oxygen atoms in total. The van der Waals surface area contributed by atoms with Crippen molar-refractivity contribution >= 4 is 0 Å². The molecule has 0 saturated carbocycles. The van der Waals surface area contributed by atoms with Crippen molar-refractivity contribution in [3.05, 3.63) is 47.5 Å². The number of aromatic hydroxyl groups is 2. The van der Waals surface area contributed by atoms with Gasteiger partial charge in [0.05, 0.1) is 14.2 Å². The number of benzene rings is 2. The second-order valence-corrected chi connectivity index (χ2v) is 5.85. The van der Waals surface area contributed by atoms with Crippen LogP contribution < -0.4 is 20.1 Å².